The molecule has 1 atom stereocenters. The standard InChI is InChI=1S/C17H36N2O2/c1-9-21-15(20)17(7,18-14(2)3)11-10-12-19(8)13-16(4,5)6/h14,18H,9-13H2,1-8H3. The molecule has 1 unspecified atom stereocenters. The first kappa shape index (κ1) is 20.4. The average Bonchev–Trinajstić information content (AvgIpc) is 2.25. The second-order valence-corrected chi connectivity index (χ2v) is 7.75. The zero-order valence-corrected chi connectivity index (χ0v) is 15.4. The van der Waals surface area contributed by atoms with Crippen LogP contribution in [0.1, 0.15) is 61.3 Å². The molecule has 0 aromatic rings. The number of ether oxygens (including phenoxy) is 1. The van der Waals surface area contributed by atoms with E-state index >= 15 is 0 Å². The lowest BCUT2D eigenvalue weighted by molar-refractivity contribution is -0.151. The summed E-state index contributed by atoms with van der Waals surface area (Å²) in [6.45, 7) is 17.1. The minimum absolute atomic E-state index is 0.142. The maximum Gasteiger partial charge on any atom is 0.326 e. The van der Waals surface area contributed by atoms with Gasteiger partial charge in [0.25, 0.3) is 0 Å². The highest BCUT2D eigenvalue weighted by Gasteiger charge is 2.34. The number of nitrogens with zero attached hydrogens (tertiary/aromatic N) is 1. The van der Waals surface area contributed by atoms with Crippen molar-refractivity contribution in [2.24, 2.45) is 5.41 Å². The van der Waals surface area contributed by atoms with Gasteiger partial charge in [0.1, 0.15) is 5.54 Å². The van der Waals surface area contributed by atoms with E-state index < -0.39 is 5.54 Å². The number of esters is 1. The van der Waals surface area contributed by atoms with Gasteiger partial charge in [-0.1, -0.05) is 20.8 Å². The van der Waals surface area contributed by atoms with E-state index in [1.165, 1.54) is 0 Å². The molecule has 4 heteroatoms. The number of hydrogen-bond acceptors (Lipinski definition) is 4. The monoisotopic (exact) mass is 300 g/mol. The highest BCUT2D eigenvalue weighted by molar-refractivity contribution is 5.80. The van der Waals surface area contributed by atoms with Crippen LogP contribution in [0.5, 0.6) is 0 Å². The molecule has 0 rings (SSSR count). The molecule has 4 nitrogen and oxygen atoms in total. The summed E-state index contributed by atoms with van der Waals surface area (Å²) >= 11 is 0. The molecule has 0 spiro atoms. The predicted molar refractivity (Wildman–Crippen MR) is 89.5 cm³/mol. The zero-order valence-electron chi connectivity index (χ0n) is 15.4. The van der Waals surface area contributed by atoms with Crippen molar-refractivity contribution in [1.82, 2.24) is 10.2 Å². The van der Waals surface area contributed by atoms with Crippen molar-refractivity contribution in [3.63, 3.8) is 0 Å². The summed E-state index contributed by atoms with van der Waals surface area (Å²) in [4.78, 5) is 14.5. The highest BCUT2D eigenvalue weighted by Crippen LogP contribution is 2.18. The molecule has 0 aromatic heterocycles. The third kappa shape index (κ3) is 9.10. The van der Waals surface area contributed by atoms with Crippen LogP contribution >= 0.6 is 0 Å². The summed E-state index contributed by atoms with van der Waals surface area (Å²) in [5.74, 6) is -0.142. The summed E-state index contributed by atoms with van der Waals surface area (Å²) in [5, 5.41) is 3.37. The molecule has 0 fully saturated rings. The van der Waals surface area contributed by atoms with Gasteiger partial charge in [-0.3, -0.25) is 10.1 Å². The lowest BCUT2D eigenvalue weighted by Gasteiger charge is -2.32. The van der Waals surface area contributed by atoms with Gasteiger partial charge in [0.05, 0.1) is 6.61 Å². The third-order valence-corrected chi connectivity index (χ3v) is 3.29. The molecule has 0 heterocycles. The molecular formula is C17H36N2O2. The van der Waals surface area contributed by atoms with E-state index in [2.05, 4.69) is 51.9 Å². The molecule has 0 saturated carbocycles. The van der Waals surface area contributed by atoms with Gasteiger partial charge in [-0.05, 0) is 59.5 Å². The zero-order chi connectivity index (χ0) is 16.7. The van der Waals surface area contributed by atoms with Crippen molar-refractivity contribution < 1.29 is 9.53 Å². The maximum absolute atomic E-state index is 12.2. The number of nitrogens with one attached hydrogen (secondary N) is 1. The van der Waals surface area contributed by atoms with Gasteiger partial charge in [-0.15, -0.1) is 0 Å². The Balaban J connectivity index is 4.46. The van der Waals surface area contributed by atoms with Crippen molar-refractivity contribution in [2.75, 3.05) is 26.7 Å². The fourth-order valence-corrected chi connectivity index (χ4v) is 2.75. The van der Waals surface area contributed by atoms with Crippen LogP contribution in [0.3, 0.4) is 0 Å². The van der Waals surface area contributed by atoms with Crippen LogP contribution in [-0.2, 0) is 9.53 Å². The van der Waals surface area contributed by atoms with Gasteiger partial charge in [0, 0.05) is 12.6 Å². The molecule has 0 bridgehead atoms. The van der Waals surface area contributed by atoms with Gasteiger partial charge >= 0.3 is 5.97 Å². The predicted octanol–water partition coefficient (Wildman–Crippen LogP) is 3.06. The SMILES string of the molecule is CCOC(=O)C(C)(CCCN(C)CC(C)(C)C)NC(C)C. The van der Waals surface area contributed by atoms with E-state index in [0.717, 1.165) is 25.9 Å². The van der Waals surface area contributed by atoms with Gasteiger partial charge in [0.2, 0.25) is 0 Å². The smallest absolute Gasteiger partial charge is 0.326 e. The van der Waals surface area contributed by atoms with E-state index in [0.29, 0.717) is 12.0 Å². The molecule has 0 aliphatic carbocycles. The number of hydrogen-bond donors (Lipinski definition) is 1. The van der Waals surface area contributed by atoms with E-state index in [4.69, 9.17) is 4.74 Å². The first-order chi connectivity index (χ1) is 9.50. The van der Waals surface area contributed by atoms with Crippen LogP contribution in [0.4, 0.5) is 0 Å². The largest absolute Gasteiger partial charge is 0.465 e. The molecule has 0 aliphatic rings. The molecule has 0 aromatic carbocycles. The number of rotatable bonds is 9. The van der Waals surface area contributed by atoms with Crippen molar-refractivity contribution >= 4 is 5.97 Å². The molecule has 0 amide bonds. The van der Waals surface area contributed by atoms with Crippen molar-refractivity contribution in [2.45, 2.75) is 72.9 Å². The van der Waals surface area contributed by atoms with Gasteiger partial charge in [0.15, 0.2) is 0 Å². The Morgan fingerprint density at radius 1 is 1.24 bits per heavy atom. The normalized spacial score (nSPS) is 15.3. The Hall–Kier alpha value is -0.610. The van der Waals surface area contributed by atoms with Crippen LogP contribution in [0.25, 0.3) is 0 Å². The fourth-order valence-electron chi connectivity index (χ4n) is 2.75. The van der Waals surface area contributed by atoms with E-state index in [-0.39, 0.29) is 12.0 Å². The van der Waals surface area contributed by atoms with Crippen LogP contribution in [0, 0.1) is 5.41 Å². The van der Waals surface area contributed by atoms with Gasteiger partial charge < -0.3 is 9.64 Å². The summed E-state index contributed by atoms with van der Waals surface area (Å²) in [7, 11) is 2.14. The van der Waals surface area contributed by atoms with Crippen molar-refractivity contribution in [1.29, 1.82) is 0 Å². The van der Waals surface area contributed by atoms with Crippen molar-refractivity contribution in [3.05, 3.63) is 0 Å². The van der Waals surface area contributed by atoms with Crippen molar-refractivity contribution in [3.8, 4) is 0 Å². The van der Waals surface area contributed by atoms with E-state index in [1.807, 2.05) is 13.8 Å². The van der Waals surface area contributed by atoms with Crippen LogP contribution in [0.15, 0.2) is 0 Å². The average molecular weight is 300 g/mol. The number of carbonyl (C=O) groups is 1. The summed E-state index contributed by atoms with van der Waals surface area (Å²) < 4.78 is 5.23. The first-order valence-corrected chi connectivity index (χ1v) is 8.13. The van der Waals surface area contributed by atoms with Crippen LogP contribution in [-0.4, -0.2) is 49.2 Å². The topological polar surface area (TPSA) is 41.6 Å². The summed E-state index contributed by atoms with van der Waals surface area (Å²) in [6, 6.07) is 0.256. The first-order valence-electron chi connectivity index (χ1n) is 8.13. The minimum Gasteiger partial charge on any atom is -0.465 e. The second kappa shape index (κ2) is 8.74. The Morgan fingerprint density at radius 3 is 2.24 bits per heavy atom. The van der Waals surface area contributed by atoms with E-state index in [1.54, 1.807) is 0 Å². The highest BCUT2D eigenvalue weighted by atomic mass is 16.5. The molecule has 1 N–H and O–H groups in total. The Labute approximate surface area is 131 Å². The second-order valence-electron chi connectivity index (χ2n) is 7.75. The lowest BCUT2D eigenvalue weighted by atomic mass is 9.93. The summed E-state index contributed by atoms with van der Waals surface area (Å²) in [6.07, 6.45) is 1.76. The van der Waals surface area contributed by atoms with Crippen LogP contribution in [0.2, 0.25) is 0 Å². The molecule has 126 valence electrons. The molecule has 21 heavy (non-hydrogen) atoms. The Kier molecular flexibility index (Phi) is 8.49. The number of carbonyl (C=O) groups excluding carboxylic acids is 1. The Morgan fingerprint density at radius 2 is 1.81 bits per heavy atom. The molecule has 0 radical (unpaired) electrons. The quantitative estimate of drug-likeness (QED) is 0.665. The fraction of sp³-hybridized carbons (Fsp3) is 0.941. The molecule has 0 aliphatic heterocycles. The summed E-state index contributed by atoms with van der Waals surface area (Å²) in [5.41, 5.74) is -0.290. The van der Waals surface area contributed by atoms with Gasteiger partial charge in [-0.2, -0.15) is 0 Å². The third-order valence-electron chi connectivity index (χ3n) is 3.29. The van der Waals surface area contributed by atoms with Crippen LogP contribution < -0.4 is 5.32 Å². The van der Waals surface area contributed by atoms with Gasteiger partial charge in [-0.25, -0.2) is 0 Å². The lowest BCUT2D eigenvalue weighted by Crippen LogP contribution is -2.53. The Bertz CT molecular complexity index is 310. The maximum atomic E-state index is 12.2. The molecule has 0 saturated heterocycles. The molecular weight excluding hydrogens is 264 g/mol. The van der Waals surface area contributed by atoms with E-state index in [9.17, 15) is 4.79 Å². The minimum atomic E-state index is -0.591.